The van der Waals surface area contributed by atoms with Crippen molar-refractivity contribution < 1.29 is 5.11 Å². The molecule has 0 bridgehead atoms. The first-order valence-corrected chi connectivity index (χ1v) is 3.52. The van der Waals surface area contributed by atoms with E-state index in [1.807, 2.05) is 6.07 Å². The fourth-order valence-corrected chi connectivity index (χ4v) is 0.851. The highest BCUT2D eigenvalue weighted by molar-refractivity contribution is 5.26. The zero-order valence-electron chi connectivity index (χ0n) is 6.44. The van der Waals surface area contributed by atoms with Crippen molar-refractivity contribution in [3.05, 3.63) is 29.6 Å². The molecule has 3 N–H and O–H groups in total. The van der Waals surface area contributed by atoms with Crippen LogP contribution < -0.4 is 5.73 Å². The predicted molar refractivity (Wildman–Crippen MR) is 43.0 cm³/mol. The Kier molecular flexibility index (Phi) is 2.75. The second-order valence-corrected chi connectivity index (χ2v) is 2.34. The summed E-state index contributed by atoms with van der Waals surface area (Å²) >= 11 is 0. The number of nitriles is 1. The molecule has 0 radical (unpaired) electrons. The molecule has 0 amide bonds. The van der Waals surface area contributed by atoms with E-state index in [1.165, 1.54) is 12.3 Å². The van der Waals surface area contributed by atoms with Gasteiger partial charge in [0.25, 0.3) is 0 Å². The Morgan fingerprint density at radius 2 is 2.50 bits per heavy atom. The second-order valence-electron chi connectivity index (χ2n) is 2.34. The molecule has 1 atom stereocenters. The van der Waals surface area contributed by atoms with Gasteiger partial charge in [-0.3, -0.25) is 0 Å². The van der Waals surface area contributed by atoms with E-state index < -0.39 is 6.10 Å². The van der Waals surface area contributed by atoms with Gasteiger partial charge in [0.2, 0.25) is 0 Å². The standard InChI is InChI=1S/C8H9N3O/c9-4-7-3-6(1-2-11-7)8(12)5-10/h1-3,8,12H,5,10H2. The van der Waals surface area contributed by atoms with E-state index in [9.17, 15) is 5.11 Å². The average molecular weight is 163 g/mol. The lowest BCUT2D eigenvalue weighted by atomic mass is 10.1. The third-order valence-electron chi connectivity index (χ3n) is 1.51. The average Bonchev–Trinajstić information content (AvgIpc) is 2.17. The fourth-order valence-electron chi connectivity index (χ4n) is 0.851. The smallest absolute Gasteiger partial charge is 0.140 e. The van der Waals surface area contributed by atoms with Gasteiger partial charge >= 0.3 is 0 Å². The Labute approximate surface area is 70.3 Å². The van der Waals surface area contributed by atoms with Gasteiger partial charge in [-0.15, -0.1) is 0 Å². The molecule has 62 valence electrons. The number of pyridine rings is 1. The van der Waals surface area contributed by atoms with Crippen molar-refractivity contribution in [2.75, 3.05) is 6.54 Å². The molecule has 4 heteroatoms. The minimum absolute atomic E-state index is 0.148. The third-order valence-corrected chi connectivity index (χ3v) is 1.51. The van der Waals surface area contributed by atoms with E-state index in [-0.39, 0.29) is 6.54 Å². The SMILES string of the molecule is N#Cc1cc(C(O)CN)ccn1. The first-order valence-electron chi connectivity index (χ1n) is 3.52. The van der Waals surface area contributed by atoms with Crippen LogP contribution in [0.2, 0.25) is 0 Å². The van der Waals surface area contributed by atoms with Gasteiger partial charge in [0.15, 0.2) is 0 Å². The number of aliphatic hydroxyl groups is 1. The van der Waals surface area contributed by atoms with Crippen molar-refractivity contribution in [3.63, 3.8) is 0 Å². The maximum absolute atomic E-state index is 9.29. The number of nitrogens with zero attached hydrogens (tertiary/aromatic N) is 2. The van der Waals surface area contributed by atoms with Gasteiger partial charge in [-0.25, -0.2) is 4.98 Å². The zero-order valence-corrected chi connectivity index (χ0v) is 6.44. The maximum Gasteiger partial charge on any atom is 0.140 e. The Bertz CT molecular complexity index is 305. The number of hydrogen-bond acceptors (Lipinski definition) is 4. The van der Waals surface area contributed by atoms with Crippen LogP contribution in [0.4, 0.5) is 0 Å². The van der Waals surface area contributed by atoms with Gasteiger partial charge in [-0.1, -0.05) is 0 Å². The Hall–Kier alpha value is -1.44. The van der Waals surface area contributed by atoms with Crippen LogP contribution in [-0.2, 0) is 0 Å². The van der Waals surface area contributed by atoms with Crippen LogP contribution in [-0.4, -0.2) is 16.6 Å². The van der Waals surface area contributed by atoms with Crippen molar-refractivity contribution in [2.45, 2.75) is 6.10 Å². The second kappa shape index (κ2) is 3.81. The predicted octanol–water partition coefficient (Wildman–Crippen LogP) is -0.0546. The first-order chi connectivity index (χ1) is 5.77. The molecule has 0 saturated carbocycles. The monoisotopic (exact) mass is 163 g/mol. The summed E-state index contributed by atoms with van der Waals surface area (Å²) < 4.78 is 0. The highest BCUT2D eigenvalue weighted by Crippen LogP contribution is 2.10. The number of aromatic nitrogens is 1. The topological polar surface area (TPSA) is 82.9 Å². The lowest BCUT2D eigenvalue weighted by Gasteiger charge is -2.06. The third kappa shape index (κ3) is 1.78. The van der Waals surface area contributed by atoms with Crippen LogP contribution in [0.25, 0.3) is 0 Å². The molecule has 0 fully saturated rings. The zero-order chi connectivity index (χ0) is 8.97. The van der Waals surface area contributed by atoms with Gasteiger partial charge in [0, 0.05) is 12.7 Å². The summed E-state index contributed by atoms with van der Waals surface area (Å²) in [7, 11) is 0. The number of aliphatic hydroxyl groups excluding tert-OH is 1. The van der Waals surface area contributed by atoms with Crippen molar-refractivity contribution in [2.24, 2.45) is 5.73 Å². The lowest BCUT2D eigenvalue weighted by molar-refractivity contribution is 0.186. The largest absolute Gasteiger partial charge is 0.387 e. The molecule has 0 aromatic carbocycles. The fraction of sp³-hybridized carbons (Fsp3) is 0.250. The molecular weight excluding hydrogens is 154 g/mol. The van der Waals surface area contributed by atoms with Gasteiger partial charge in [0.1, 0.15) is 11.8 Å². The summed E-state index contributed by atoms with van der Waals surface area (Å²) in [5.41, 5.74) is 6.16. The normalized spacial score (nSPS) is 12.1. The van der Waals surface area contributed by atoms with E-state index in [1.54, 1.807) is 6.07 Å². The van der Waals surface area contributed by atoms with Crippen LogP contribution in [0.1, 0.15) is 17.4 Å². The Morgan fingerprint density at radius 1 is 1.75 bits per heavy atom. The number of nitrogens with two attached hydrogens (primary N) is 1. The van der Waals surface area contributed by atoms with E-state index in [0.717, 1.165) is 0 Å². The summed E-state index contributed by atoms with van der Waals surface area (Å²) in [5, 5.41) is 17.8. The quantitative estimate of drug-likeness (QED) is 0.640. The van der Waals surface area contributed by atoms with Crippen LogP contribution in [0.3, 0.4) is 0 Å². The summed E-state index contributed by atoms with van der Waals surface area (Å²) in [6.45, 7) is 0.148. The highest BCUT2D eigenvalue weighted by atomic mass is 16.3. The molecule has 12 heavy (non-hydrogen) atoms. The summed E-state index contributed by atoms with van der Waals surface area (Å²) in [6, 6.07) is 5.05. The van der Waals surface area contributed by atoms with Crippen molar-refractivity contribution in [1.82, 2.24) is 4.98 Å². The molecule has 0 spiro atoms. The molecule has 1 heterocycles. The summed E-state index contributed by atoms with van der Waals surface area (Å²) in [5.74, 6) is 0. The molecular formula is C8H9N3O. The molecule has 4 nitrogen and oxygen atoms in total. The number of hydrogen-bond donors (Lipinski definition) is 2. The molecule has 0 aliphatic carbocycles. The molecule has 1 rings (SSSR count). The van der Waals surface area contributed by atoms with Crippen molar-refractivity contribution >= 4 is 0 Å². The van der Waals surface area contributed by atoms with Crippen molar-refractivity contribution in [3.8, 4) is 6.07 Å². The van der Waals surface area contributed by atoms with E-state index in [0.29, 0.717) is 11.3 Å². The highest BCUT2D eigenvalue weighted by Gasteiger charge is 2.05. The van der Waals surface area contributed by atoms with E-state index in [2.05, 4.69) is 4.98 Å². The summed E-state index contributed by atoms with van der Waals surface area (Å²) in [4.78, 5) is 3.76. The Morgan fingerprint density at radius 3 is 3.08 bits per heavy atom. The minimum atomic E-state index is -0.708. The van der Waals surface area contributed by atoms with Crippen LogP contribution in [0.15, 0.2) is 18.3 Å². The molecule has 1 aromatic heterocycles. The van der Waals surface area contributed by atoms with Gasteiger partial charge < -0.3 is 10.8 Å². The summed E-state index contributed by atoms with van der Waals surface area (Å²) in [6.07, 6.45) is 0.771. The van der Waals surface area contributed by atoms with Crippen LogP contribution >= 0.6 is 0 Å². The minimum Gasteiger partial charge on any atom is -0.387 e. The number of rotatable bonds is 2. The van der Waals surface area contributed by atoms with Crippen molar-refractivity contribution in [1.29, 1.82) is 5.26 Å². The van der Waals surface area contributed by atoms with Gasteiger partial charge in [-0.05, 0) is 17.7 Å². The van der Waals surface area contributed by atoms with E-state index in [4.69, 9.17) is 11.0 Å². The first kappa shape index (κ1) is 8.65. The van der Waals surface area contributed by atoms with Gasteiger partial charge in [-0.2, -0.15) is 5.26 Å². The molecule has 0 aliphatic heterocycles. The lowest BCUT2D eigenvalue weighted by Crippen LogP contribution is -2.11. The van der Waals surface area contributed by atoms with Crippen LogP contribution in [0.5, 0.6) is 0 Å². The van der Waals surface area contributed by atoms with E-state index >= 15 is 0 Å². The molecule has 1 unspecified atom stereocenters. The maximum atomic E-state index is 9.29. The van der Waals surface area contributed by atoms with Crippen LogP contribution in [0, 0.1) is 11.3 Å². The molecule has 1 aromatic rings. The molecule has 0 saturated heterocycles. The molecule has 0 aliphatic rings. The van der Waals surface area contributed by atoms with Gasteiger partial charge in [0.05, 0.1) is 6.10 Å². The Balaban J connectivity index is 2.95.